The molecule has 1 aliphatic rings. The molecule has 0 spiro atoms. The van der Waals surface area contributed by atoms with Gasteiger partial charge in [0, 0.05) is 0 Å². The van der Waals surface area contributed by atoms with Crippen LogP contribution in [0.3, 0.4) is 0 Å². The molecule has 4 rings (SSSR count). The average Bonchev–Trinajstić information content (AvgIpc) is 3.13. The third-order valence-electron chi connectivity index (χ3n) is 4.88. The number of hydrogen-bond acceptors (Lipinski definition) is 6. The molecule has 3 aromatic rings. The third kappa shape index (κ3) is 4.35. The van der Waals surface area contributed by atoms with E-state index in [4.69, 9.17) is 16.3 Å². The molecule has 7 nitrogen and oxygen atoms in total. The molecule has 1 aromatic heterocycles. The number of carbonyl (C=O) groups is 1. The third-order valence-corrected chi connectivity index (χ3v) is 6.43. The highest BCUT2D eigenvalue weighted by molar-refractivity contribution is 8.00. The van der Waals surface area contributed by atoms with E-state index >= 15 is 0 Å². The van der Waals surface area contributed by atoms with Crippen molar-refractivity contribution in [1.82, 2.24) is 14.9 Å². The standard InChI is InChI=1S/C20H17ClF3N5O2S/c1-10-26-27-19-29(10)28-16(11-3-6-13(31-2)7-4-11)17(32-19)18(30)25-15-9-12(20(22,23)24)5-8-14(15)21/h3-9,16-17,28H,1-2H3,(H,25,30). The van der Waals surface area contributed by atoms with Gasteiger partial charge in [0.05, 0.1) is 29.4 Å². The van der Waals surface area contributed by atoms with Gasteiger partial charge in [0.1, 0.15) is 16.8 Å². The van der Waals surface area contributed by atoms with Crippen molar-refractivity contribution >= 4 is 35.0 Å². The van der Waals surface area contributed by atoms with Crippen LogP contribution in [-0.4, -0.2) is 33.1 Å². The zero-order valence-electron chi connectivity index (χ0n) is 16.8. The normalized spacial score (nSPS) is 17.9. The van der Waals surface area contributed by atoms with E-state index in [1.165, 1.54) is 0 Å². The minimum atomic E-state index is -4.56. The van der Waals surface area contributed by atoms with Gasteiger partial charge in [-0.2, -0.15) is 13.2 Å². The predicted molar refractivity (Wildman–Crippen MR) is 115 cm³/mol. The number of nitrogens with zero attached hydrogens (tertiary/aromatic N) is 3. The Morgan fingerprint density at radius 2 is 1.94 bits per heavy atom. The van der Waals surface area contributed by atoms with Gasteiger partial charge < -0.3 is 15.5 Å². The minimum Gasteiger partial charge on any atom is -0.497 e. The fourth-order valence-corrected chi connectivity index (χ4v) is 4.51. The summed E-state index contributed by atoms with van der Waals surface area (Å²) in [6, 6.07) is 9.38. The molecule has 0 saturated heterocycles. The van der Waals surface area contributed by atoms with Gasteiger partial charge in [-0.1, -0.05) is 35.5 Å². The lowest BCUT2D eigenvalue weighted by Gasteiger charge is -2.32. The molecule has 2 heterocycles. The molecular formula is C20H17ClF3N5O2S. The smallest absolute Gasteiger partial charge is 0.416 e. The molecule has 0 radical (unpaired) electrons. The summed E-state index contributed by atoms with van der Waals surface area (Å²) < 4.78 is 46.2. The number of aromatic nitrogens is 3. The molecule has 0 fully saturated rings. The van der Waals surface area contributed by atoms with Crippen molar-refractivity contribution in [2.75, 3.05) is 17.9 Å². The van der Waals surface area contributed by atoms with Crippen LogP contribution >= 0.6 is 23.4 Å². The first-order valence-electron chi connectivity index (χ1n) is 9.34. The number of thioether (sulfide) groups is 1. The number of hydrogen-bond donors (Lipinski definition) is 2. The molecule has 0 bridgehead atoms. The Balaban J connectivity index is 1.67. The molecule has 0 aliphatic carbocycles. The first-order valence-corrected chi connectivity index (χ1v) is 10.6. The maximum absolute atomic E-state index is 13.2. The Morgan fingerprint density at radius 1 is 1.22 bits per heavy atom. The molecule has 0 saturated carbocycles. The van der Waals surface area contributed by atoms with E-state index in [0.717, 1.165) is 35.5 Å². The quantitative estimate of drug-likeness (QED) is 0.561. The summed E-state index contributed by atoms with van der Waals surface area (Å²) in [4.78, 5) is 13.2. The number of amides is 1. The van der Waals surface area contributed by atoms with Crippen LogP contribution in [0, 0.1) is 6.92 Å². The van der Waals surface area contributed by atoms with Crippen molar-refractivity contribution in [3.63, 3.8) is 0 Å². The van der Waals surface area contributed by atoms with E-state index in [-0.39, 0.29) is 10.7 Å². The maximum Gasteiger partial charge on any atom is 0.416 e. The van der Waals surface area contributed by atoms with Crippen LogP contribution in [-0.2, 0) is 11.0 Å². The molecule has 12 heteroatoms. The number of halogens is 4. The Kier molecular flexibility index (Phi) is 5.95. The van der Waals surface area contributed by atoms with Crippen LogP contribution in [0.4, 0.5) is 18.9 Å². The van der Waals surface area contributed by atoms with E-state index in [1.807, 2.05) is 0 Å². The Morgan fingerprint density at radius 3 is 2.59 bits per heavy atom. The van der Waals surface area contributed by atoms with Gasteiger partial charge in [-0.3, -0.25) is 4.79 Å². The summed E-state index contributed by atoms with van der Waals surface area (Å²) in [6.45, 7) is 1.76. The van der Waals surface area contributed by atoms with E-state index in [0.29, 0.717) is 16.7 Å². The van der Waals surface area contributed by atoms with Crippen molar-refractivity contribution in [1.29, 1.82) is 0 Å². The number of fused-ring (bicyclic) bond motifs is 1. The van der Waals surface area contributed by atoms with Crippen molar-refractivity contribution in [2.45, 2.75) is 29.5 Å². The summed E-state index contributed by atoms with van der Waals surface area (Å²) in [5.74, 6) is 0.720. The first-order chi connectivity index (χ1) is 15.2. The molecule has 32 heavy (non-hydrogen) atoms. The van der Waals surface area contributed by atoms with Crippen LogP contribution in [0.2, 0.25) is 5.02 Å². The monoisotopic (exact) mass is 483 g/mol. The highest BCUT2D eigenvalue weighted by Crippen LogP contribution is 2.39. The predicted octanol–water partition coefficient (Wildman–Crippen LogP) is 4.67. The fraction of sp³-hybridized carbons (Fsp3) is 0.250. The molecule has 2 N–H and O–H groups in total. The van der Waals surface area contributed by atoms with Crippen LogP contribution in [0.25, 0.3) is 0 Å². The lowest BCUT2D eigenvalue weighted by Crippen LogP contribution is -2.41. The topological polar surface area (TPSA) is 81.1 Å². The molecule has 1 aliphatic heterocycles. The Labute approximate surface area is 190 Å². The van der Waals surface area contributed by atoms with Crippen molar-refractivity contribution < 1.29 is 22.7 Å². The Bertz CT molecular complexity index is 1150. The average molecular weight is 484 g/mol. The second-order valence-corrected chi connectivity index (χ2v) is 8.48. The Hall–Kier alpha value is -2.92. The van der Waals surface area contributed by atoms with Gasteiger partial charge in [-0.15, -0.1) is 10.2 Å². The molecule has 2 atom stereocenters. The number of alkyl halides is 3. The van der Waals surface area contributed by atoms with Gasteiger partial charge in [-0.25, -0.2) is 4.68 Å². The van der Waals surface area contributed by atoms with Gasteiger partial charge >= 0.3 is 6.18 Å². The first kappa shape index (κ1) is 22.3. The SMILES string of the molecule is COc1ccc(C2Nn3c(C)nnc3SC2C(=O)Nc2cc(C(F)(F)F)ccc2Cl)cc1. The number of methoxy groups -OCH3 is 1. The highest BCUT2D eigenvalue weighted by Gasteiger charge is 2.38. The summed E-state index contributed by atoms with van der Waals surface area (Å²) >= 11 is 7.21. The van der Waals surface area contributed by atoms with E-state index in [2.05, 4.69) is 20.9 Å². The van der Waals surface area contributed by atoms with Gasteiger partial charge in [0.15, 0.2) is 0 Å². The fourth-order valence-electron chi connectivity index (χ4n) is 3.22. The lowest BCUT2D eigenvalue weighted by molar-refractivity contribution is -0.137. The van der Waals surface area contributed by atoms with Crippen LogP contribution in [0.1, 0.15) is 23.0 Å². The summed E-state index contributed by atoms with van der Waals surface area (Å²) in [5.41, 5.74) is 2.96. The van der Waals surface area contributed by atoms with Crippen LogP contribution in [0.15, 0.2) is 47.6 Å². The maximum atomic E-state index is 13.2. The number of anilines is 1. The number of rotatable bonds is 4. The van der Waals surface area contributed by atoms with Crippen molar-refractivity contribution in [3.8, 4) is 5.75 Å². The second-order valence-electron chi connectivity index (χ2n) is 6.97. The lowest BCUT2D eigenvalue weighted by atomic mass is 10.0. The van der Waals surface area contributed by atoms with E-state index in [1.54, 1.807) is 43.0 Å². The van der Waals surface area contributed by atoms with E-state index in [9.17, 15) is 18.0 Å². The van der Waals surface area contributed by atoms with Gasteiger partial charge in [-0.05, 0) is 42.8 Å². The summed E-state index contributed by atoms with van der Waals surface area (Å²) in [6.07, 6.45) is -4.56. The summed E-state index contributed by atoms with van der Waals surface area (Å²) in [7, 11) is 1.55. The van der Waals surface area contributed by atoms with Crippen LogP contribution in [0.5, 0.6) is 5.75 Å². The minimum absolute atomic E-state index is 0.000118. The highest BCUT2D eigenvalue weighted by atomic mass is 35.5. The van der Waals surface area contributed by atoms with Crippen molar-refractivity contribution in [3.05, 3.63) is 64.4 Å². The molecular weight excluding hydrogens is 467 g/mol. The zero-order valence-corrected chi connectivity index (χ0v) is 18.3. The number of aryl methyl sites for hydroxylation is 1. The number of ether oxygens (including phenoxy) is 1. The number of nitrogens with one attached hydrogen (secondary N) is 2. The largest absolute Gasteiger partial charge is 0.497 e. The van der Waals surface area contributed by atoms with Crippen molar-refractivity contribution in [2.24, 2.45) is 0 Å². The molecule has 2 aromatic carbocycles. The van der Waals surface area contributed by atoms with Gasteiger partial charge in [0.2, 0.25) is 11.1 Å². The number of carbonyl (C=O) groups excluding carboxylic acids is 1. The number of benzene rings is 2. The van der Waals surface area contributed by atoms with Crippen LogP contribution < -0.4 is 15.5 Å². The van der Waals surface area contributed by atoms with E-state index < -0.39 is 28.9 Å². The zero-order chi connectivity index (χ0) is 23.0. The molecule has 168 valence electrons. The second kappa shape index (κ2) is 8.55. The molecule has 1 amide bonds. The van der Waals surface area contributed by atoms with Gasteiger partial charge in [0.25, 0.3) is 0 Å². The summed E-state index contributed by atoms with van der Waals surface area (Å²) in [5, 5.41) is 10.3. The molecule has 2 unspecified atom stereocenters.